The maximum Gasteiger partial charge on any atom is 0.117 e. The molecule has 0 aliphatic carbocycles. The third-order valence-electron chi connectivity index (χ3n) is 2.64. The molecule has 98 valence electrons. The van der Waals surface area contributed by atoms with Crippen molar-refractivity contribution >= 4 is 0 Å². The van der Waals surface area contributed by atoms with Crippen molar-refractivity contribution in [3.05, 3.63) is 24.2 Å². The van der Waals surface area contributed by atoms with Crippen molar-refractivity contribution < 1.29 is 9.15 Å². The molecular formula is C13H24N2O2. The number of nitrogens with one attached hydrogen (secondary N) is 1. The molecule has 0 radical (unpaired) electrons. The summed E-state index contributed by atoms with van der Waals surface area (Å²) in [5, 5.41) is 3.37. The second kappa shape index (κ2) is 9.22. The molecule has 1 aromatic rings. The summed E-state index contributed by atoms with van der Waals surface area (Å²) < 4.78 is 10.6. The Morgan fingerprint density at radius 1 is 1.35 bits per heavy atom. The van der Waals surface area contributed by atoms with Gasteiger partial charge in [0.15, 0.2) is 0 Å². The zero-order valence-corrected chi connectivity index (χ0v) is 10.9. The summed E-state index contributed by atoms with van der Waals surface area (Å²) in [4.78, 5) is 2.35. The zero-order chi connectivity index (χ0) is 12.3. The molecule has 0 aliphatic heterocycles. The third-order valence-corrected chi connectivity index (χ3v) is 2.64. The second-order valence-corrected chi connectivity index (χ2v) is 3.90. The van der Waals surface area contributed by atoms with Gasteiger partial charge in [0.2, 0.25) is 0 Å². The summed E-state index contributed by atoms with van der Waals surface area (Å²) in [6.45, 7) is 10.6. The van der Waals surface area contributed by atoms with Crippen LogP contribution >= 0.6 is 0 Å². The molecular weight excluding hydrogens is 216 g/mol. The molecule has 0 spiro atoms. The number of rotatable bonds is 10. The highest BCUT2D eigenvalue weighted by Crippen LogP contribution is 2.04. The highest BCUT2D eigenvalue weighted by molar-refractivity contribution is 4.97. The van der Waals surface area contributed by atoms with Crippen LogP contribution in [0.15, 0.2) is 22.8 Å². The normalized spacial score (nSPS) is 11.2. The molecule has 0 amide bonds. The lowest BCUT2D eigenvalue weighted by Crippen LogP contribution is -2.33. The van der Waals surface area contributed by atoms with E-state index in [1.54, 1.807) is 6.26 Å². The summed E-state index contributed by atoms with van der Waals surface area (Å²) in [5.41, 5.74) is 0. The lowest BCUT2D eigenvalue weighted by atomic mass is 10.4. The molecule has 17 heavy (non-hydrogen) atoms. The zero-order valence-electron chi connectivity index (χ0n) is 10.9. The number of hydrogen-bond donors (Lipinski definition) is 1. The minimum absolute atomic E-state index is 0.792. The summed E-state index contributed by atoms with van der Waals surface area (Å²) in [7, 11) is 0. The SMILES string of the molecule is CCOCCNCCN(CC)Cc1ccco1. The van der Waals surface area contributed by atoms with Crippen LogP contribution in [0.1, 0.15) is 19.6 Å². The summed E-state index contributed by atoms with van der Waals surface area (Å²) in [5.74, 6) is 1.03. The molecule has 1 heterocycles. The Kier molecular flexibility index (Phi) is 7.71. The van der Waals surface area contributed by atoms with Gasteiger partial charge in [-0.15, -0.1) is 0 Å². The average Bonchev–Trinajstić information content (AvgIpc) is 2.85. The molecule has 0 bridgehead atoms. The molecule has 0 aromatic carbocycles. The number of furan rings is 1. The van der Waals surface area contributed by atoms with Gasteiger partial charge >= 0.3 is 0 Å². The van der Waals surface area contributed by atoms with Crippen LogP contribution in [0.5, 0.6) is 0 Å². The van der Waals surface area contributed by atoms with Crippen LogP contribution < -0.4 is 5.32 Å². The quantitative estimate of drug-likeness (QED) is 0.632. The van der Waals surface area contributed by atoms with Crippen molar-refractivity contribution in [3.63, 3.8) is 0 Å². The lowest BCUT2D eigenvalue weighted by molar-refractivity contribution is 0.148. The lowest BCUT2D eigenvalue weighted by Gasteiger charge is -2.19. The van der Waals surface area contributed by atoms with E-state index >= 15 is 0 Å². The fourth-order valence-electron chi connectivity index (χ4n) is 1.62. The largest absolute Gasteiger partial charge is 0.468 e. The van der Waals surface area contributed by atoms with E-state index < -0.39 is 0 Å². The van der Waals surface area contributed by atoms with Gasteiger partial charge < -0.3 is 14.5 Å². The Morgan fingerprint density at radius 3 is 2.88 bits per heavy atom. The first-order chi connectivity index (χ1) is 8.36. The molecule has 1 aromatic heterocycles. The topological polar surface area (TPSA) is 37.6 Å². The Bertz CT molecular complexity index is 262. The number of hydrogen-bond acceptors (Lipinski definition) is 4. The van der Waals surface area contributed by atoms with Crippen LogP contribution in [0.25, 0.3) is 0 Å². The van der Waals surface area contributed by atoms with Crippen molar-refractivity contribution in [1.82, 2.24) is 10.2 Å². The molecule has 0 atom stereocenters. The van der Waals surface area contributed by atoms with Gasteiger partial charge in [-0.2, -0.15) is 0 Å². The molecule has 0 unspecified atom stereocenters. The summed E-state index contributed by atoms with van der Waals surface area (Å²) in [6, 6.07) is 3.95. The first-order valence-electron chi connectivity index (χ1n) is 6.40. The minimum atomic E-state index is 0.792. The summed E-state index contributed by atoms with van der Waals surface area (Å²) in [6.07, 6.45) is 1.73. The molecule has 0 fully saturated rings. The highest BCUT2D eigenvalue weighted by atomic mass is 16.5. The number of nitrogens with zero attached hydrogens (tertiary/aromatic N) is 1. The van der Waals surface area contributed by atoms with Crippen LogP contribution in [-0.4, -0.2) is 44.3 Å². The van der Waals surface area contributed by atoms with Gasteiger partial charge in [0.05, 0.1) is 19.4 Å². The van der Waals surface area contributed by atoms with Gasteiger partial charge in [0.1, 0.15) is 5.76 Å². The van der Waals surface area contributed by atoms with Crippen molar-refractivity contribution in [2.24, 2.45) is 0 Å². The highest BCUT2D eigenvalue weighted by Gasteiger charge is 2.04. The molecule has 0 saturated heterocycles. The van der Waals surface area contributed by atoms with E-state index in [0.717, 1.165) is 51.7 Å². The van der Waals surface area contributed by atoms with Crippen LogP contribution in [0.3, 0.4) is 0 Å². The molecule has 0 saturated carbocycles. The fourth-order valence-corrected chi connectivity index (χ4v) is 1.62. The monoisotopic (exact) mass is 240 g/mol. The van der Waals surface area contributed by atoms with E-state index in [0.29, 0.717) is 0 Å². The van der Waals surface area contributed by atoms with Gasteiger partial charge in [-0.25, -0.2) is 0 Å². The standard InChI is InChI=1S/C13H24N2O2/c1-3-15(12-13-6-5-10-17-13)9-7-14-8-11-16-4-2/h5-6,10,14H,3-4,7-9,11-12H2,1-2H3. The van der Waals surface area contributed by atoms with Crippen molar-refractivity contribution in [2.45, 2.75) is 20.4 Å². The van der Waals surface area contributed by atoms with Gasteiger partial charge in [0.25, 0.3) is 0 Å². The maximum absolute atomic E-state index is 5.34. The van der Waals surface area contributed by atoms with Crippen molar-refractivity contribution in [1.29, 1.82) is 0 Å². The Labute approximate surface area is 104 Å². The Morgan fingerprint density at radius 2 is 2.24 bits per heavy atom. The minimum Gasteiger partial charge on any atom is -0.468 e. The predicted octanol–water partition coefficient (Wildman–Crippen LogP) is 1.73. The van der Waals surface area contributed by atoms with Crippen LogP contribution in [-0.2, 0) is 11.3 Å². The van der Waals surface area contributed by atoms with Crippen LogP contribution in [0.2, 0.25) is 0 Å². The molecule has 4 heteroatoms. The Balaban J connectivity index is 2.06. The smallest absolute Gasteiger partial charge is 0.117 e. The van der Waals surface area contributed by atoms with E-state index in [1.165, 1.54) is 0 Å². The number of ether oxygens (including phenoxy) is 1. The van der Waals surface area contributed by atoms with Gasteiger partial charge in [-0.3, -0.25) is 4.90 Å². The van der Waals surface area contributed by atoms with E-state index in [2.05, 4.69) is 17.1 Å². The average molecular weight is 240 g/mol. The first-order valence-corrected chi connectivity index (χ1v) is 6.40. The van der Waals surface area contributed by atoms with Gasteiger partial charge in [0, 0.05) is 26.2 Å². The molecule has 4 nitrogen and oxygen atoms in total. The molecule has 1 rings (SSSR count). The van der Waals surface area contributed by atoms with E-state index in [-0.39, 0.29) is 0 Å². The van der Waals surface area contributed by atoms with E-state index in [1.807, 2.05) is 19.1 Å². The summed E-state index contributed by atoms with van der Waals surface area (Å²) >= 11 is 0. The predicted molar refractivity (Wildman–Crippen MR) is 69.0 cm³/mol. The van der Waals surface area contributed by atoms with E-state index in [4.69, 9.17) is 9.15 Å². The van der Waals surface area contributed by atoms with Crippen molar-refractivity contribution in [2.75, 3.05) is 39.4 Å². The third kappa shape index (κ3) is 6.46. The van der Waals surface area contributed by atoms with Gasteiger partial charge in [-0.05, 0) is 25.6 Å². The van der Waals surface area contributed by atoms with Gasteiger partial charge in [-0.1, -0.05) is 6.92 Å². The molecule has 1 N–H and O–H groups in total. The second-order valence-electron chi connectivity index (χ2n) is 3.90. The first kappa shape index (κ1) is 14.2. The van der Waals surface area contributed by atoms with Crippen LogP contribution in [0.4, 0.5) is 0 Å². The van der Waals surface area contributed by atoms with Crippen molar-refractivity contribution in [3.8, 4) is 0 Å². The number of likely N-dealkylation sites (N-methyl/N-ethyl adjacent to an activating group) is 1. The Hall–Kier alpha value is -0.840. The van der Waals surface area contributed by atoms with E-state index in [9.17, 15) is 0 Å². The maximum atomic E-state index is 5.34. The molecule has 0 aliphatic rings. The van der Waals surface area contributed by atoms with Crippen LogP contribution in [0, 0.1) is 0 Å². The fraction of sp³-hybridized carbons (Fsp3) is 0.692.